The summed E-state index contributed by atoms with van der Waals surface area (Å²) in [6.07, 6.45) is 3.65. The highest BCUT2D eigenvalue weighted by molar-refractivity contribution is 5.64. The lowest BCUT2D eigenvalue weighted by Crippen LogP contribution is -2.27. The van der Waals surface area contributed by atoms with Crippen LogP contribution in [0.5, 0.6) is 0 Å². The highest BCUT2D eigenvalue weighted by atomic mass is 14.6. The van der Waals surface area contributed by atoms with Crippen LogP contribution >= 0.6 is 0 Å². The standard InChI is InChI=1S/C23H30/c1-6-18-7-11-20(12-8-18)21-13-9-19(10-14-21)16-22(3,4)23(5)15-17(23)2/h7-14,17H,6,15-16H2,1-5H3/t17-,23-/m0/s1. The van der Waals surface area contributed by atoms with Gasteiger partial charge in [-0.2, -0.15) is 0 Å². The normalized spacial score (nSPS) is 23.8. The summed E-state index contributed by atoms with van der Waals surface area (Å²) in [4.78, 5) is 0. The first-order valence-corrected chi connectivity index (χ1v) is 9.04. The minimum Gasteiger partial charge on any atom is -0.0619 e. The smallest absolute Gasteiger partial charge is 0.0184 e. The second-order valence-electron chi connectivity index (χ2n) is 8.33. The molecule has 1 aliphatic rings. The van der Waals surface area contributed by atoms with Crippen LogP contribution < -0.4 is 0 Å². The van der Waals surface area contributed by atoms with Gasteiger partial charge in [0.05, 0.1) is 0 Å². The molecule has 0 bridgehead atoms. The maximum atomic E-state index is 2.46. The van der Waals surface area contributed by atoms with Gasteiger partial charge in [-0.15, -0.1) is 0 Å². The van der Waals surface area contributed by atoms with E-state index < -0.39 is 0 Å². The van der Waals surface area contributed by atoms with Crippen molar-refractivity contribution < 1.29 is 0 Å². The van der Waals surface area contributed by atoms with E-state index in [-0.39, 0.29) is 0 Å². The van der Waals surface area contributed by atoms with Crippen LogP contribution in [0.15, 0.2) is 48.5 Å². The second kappa shape index (κ2) is 5.82. The Balaban J connectivity index is 1.74. The first-order valence-electron chi connectivity index (χ1n) is 9.04. The minimum atomic E-state index is 0.372. The van der Waals surface area contributed by atoms with E-state index in [9.17, 15) is 0 Å². The molecule has 0 aliphatic heterocycles. The van der Waals surface area contributed by atoms with Gasteiger partial charge in [0.15, 0.2) is 0 Å². The molecule has 0 saturated heterocycles. The summed E-state index contributed by atoms with van der Waals surface area (Å²) >= 11 is 0. The fraction of sp³-hybridized carbons (Fsp3) is 0.478. The van der Waals surface area contributed by atoms with Crippen LogP contribution in [0.4, 0.5) is 0 Å². The molecule has 1 saturated carbocycles. The van der Waals surface area contributed by atoms with Gasteiger partial charge in [-0.05, 0) is 58.3 Å². The Kier molecular flexibility index (Phi) is 4.12. The van der Waals surface area contributed by atoms with Gasteiger partial charge in [-0.25, -0.2) is 0 Å². The van der Waals surface area contributed by atoms with Crippen molar-refractivity contribution in [3.63, 3.8) is 0 Å². The summed E-state index contributed by atoms with van der Waals surface area (Å²) < 4.78 is 0. The second-order valence-corrected chi connectivity index (χ2v) is 8.33. The number of hydrogen-bond acceptors (Lipinski definition) is 0. The van der Waals surface area contributed by atoms with E-state index in [1.807, 2.05) is 0 Å². The Morgan fingerprint density at radius 1 is 0.913 bits per heavy atom. The molecule has 23 heavy (non-hydrogen) atoms. The van der Waals surface area contributed by atoms with Crippen LogP contribution in [0.2, 0.25) is 0 Å². The SMILES string of the molecule is CCc1ccc(-c2ccc(CC(C)(C)[C@@]3(C)C[C@@H]3C)cc2)cc1. The zero-order chi connectivity index (χ0) is 16.7. The molecule has 2 aromatic rings. The van der Waals surface area contributed by atoms with E-state index in [2.05, 4.69) is 83.1 Å². The van der Waals surface area contributed by atoms with E-state index >= 15 is 0 Å². The molecule has 2 atom stereocenters. The van der Waals surface area contributed by atoms with Crippen molar-refractivity contribution in [3.05, 3.63) is 59.7 Å². The fourth-order valence-corrected chi connectivity index (χ4v) is 3.98. The maximum Gasteiger partial charge on any atom is -0.0184 e. The third-order valence-electron chi connectivity index (χ3n) is 6.50. The van der Waals surface area contributed by atoms with Crippen molar-refractivity contribution in [2.45, 2.75) is 53.9 Å². The van der Waals surface area contributed by atoms with Crippen molar-refractivity contribution >= 4 is 0 Å². The lowest BCUT2D eigenvalue weighted by Gasteiger charge is -2.33. The monoisotopic (exact) mass is 306 g/mol. The maximum absolute atomic E-state index is 2.46. The molecule has 2 aromatic carbocycles. The third-order valence-corrected chi connectivity index (χ3v) is 6.50. The van der Waals surface area contributed by atoms with E-state index in [1.54, 1.807) is 0 Å². The molecule has 1 aliphatic carbocycles. The average Bonchev–Trinajstić information content (AvgIpc) is 3.17. The zero-order valence-electron chi connectivity index (χ0n) is 15.3. The number of benzene rings is 2. The Morgan fingerprint density at radius 3 is 1.74 bits per heavy atom. The van der Waals surface area contributed by atoms with Gasteiger partial charge < -0.3 is 0 Å². The number of rotatable bonds is 5. The molecule has 0 aromatic heterocycles. The predicted molar refractivity (Wildman–Crippen MR) is 101 cm³/mol. The van der Waals surface area contributed by atoms with Crippen LogP contribution in [0.3, 0.4) is 0 Å². The molecule has 0 spiro atoms. The van der Waals surface area contributed by atoms with Gasteiger partial charge in [0.2, 0.25) is 0 Å². The highest BCUT2D eigenvalue weighted by Gasteiger charge is 2.56. The van der Waals surface area contributed by atoms with Gasteiger partial charge in [0.25, 0.3) is 0 Å². The van der Waals surface area contributed by atoms with Crippen molar-refractivity contribution in [2.24, 2.45) is 16.7 Å². The summed E-state index contributed by atoms with van der Waals surface area (Å²) in [6, 6.07) is 18.2. The first-order chi connectivity index (χ1) is 10.9. The van der Waals surface area contributed by atoms with Gasteiger partial charge >= 0.3 is 0 Å². The molecule has 0 heterocycles. The largest absolute Gasteiger partial charge is 0.0619 e. The van der Waals surface area contributed by atoms with Crippen LogP contribution in [-0.2, 0) is 12.8 Å². The van der Waals surface area contributed by atoms with Crippen LogP contribution in [0.1, 0.15) is 52.2 Å². The topological polar surface area (TPSA) is 0 Å². The Bertz CT molecular complexity index is 660. The van der Waals surface area contributed by atoms with Gasteiger partial charge in [-0.1, -0.05) is 83.1 Å². The molecule has 0 heteroatoms. The van der Waals surface area contributed by atoms with Gasteiger partial charge in [0, 0.05) is 0 Å². The molecule has 0 unspecified atom stereocenters. The predicted octanol–water partition coefficient (Wildman–Crippen LogP) is 6.53. The van der Waals surface area contributed by atoms with Crippen LogP contribution in [-0.4, -0.2) is 0 Å². The molecule has 0 amide bonds. The first kappa shape index (κ1) is 16.3. The van der Waals surface area contributed by atoms with Crippen molar-refractivity contribution in [1.29, 1.82) is 0 Å². The minimum absolute atomic E-state index is 0.372. The Labute approximate surface area is 141 Å². The van der Waals surface area contributed by atoms with Crippen LogP contribution in [0, 0.1) is 16.7 Å². The van der Waals surface area contributed by atoms with Gasteiger partial charge in [0.1, 0.15) is 0 Å². The molecule has 122 valence electrons. The molecule has 0 nitrogen and oxygen atoms in total. The van der Waals surface area contributed by atoms with Crippen molar-refractivity contribution in [2.75, 3.05) is 0 Å². The molecule has 0 radical (unpaired) electrons. The van der Waals surface area contributed by atoms with E-state index in [4.69, 9.17) is 0 Å². The molecular weight excluding hydrogens is 276 g/mol. The molecule has 3 rings (SSSR count). The number of hydrogen-bond donors (Lipinski definition) is 0. The lowest BCUT2D eigenvalue weighted by molar-refractivity contribution is 0.188. The fourth-order valence-electron chi connectivity index (χ4n) is 3.98. The summed E-state index contributed by atoms with van der Waals surface area (Å²) in [7, 11) is 0. The average molecular weight is 306 g/mol. The highest BCUT2D eigenvalue weighted by Crippen LogP contribution is 2.63. The number of aryl methyl sites for hydroxylation is 1. The summed E-state index contributed by atoms with van der Waals surface area (Å²) in [5.41, 5.74) is 6.39. The van der Waals surface area contributed by atoms with E-state index in [0.29, 0.717) is 10.8 Å². The van der Waals surface area contributed by atoms with E-state index in [1.165, 1.54) is 35.1 Å². The molecular formula is C23H30. The zero-order valence-corrected chi connectivity index (χ0v) is 15.3. The summed E-state index contributed by atoms with van der Waals surface area (Å²) in [6.45, 7) is 11.9. The lowest BCUT2D eigenvalue weighted by atomic mass is 9.71. The van der Waals surface area contributed by atoms with Crippen LogP contribution in [0.25, 0.3) is 11.1 Å². The third kappa shape index (κ3) is 3.09. The van der Waals surface area contributed by atoms with Gasteiger partial charge in [-0.3, -0.25) is 0 Å². The molecule has 0 N–H and O–H groups in total. The quantitative estimate of drug-likeness (QED) is 0.589. The Hall–Kier alpha value is -1.56. The summed E-state index contributed by atoms with van der Waals surface area (Å²) in [5, 5.41) is 0. The summed E-state index contributed by atoms with van der Waals surface area (Å²) in [5.74, 6) is 0.869. The Morgan fingerprint density at radius 2 is 1.35 bits per heavy atom. The van der Waals surface area contributed by atoms with Crippen molar-refractivity contribution in [3.8, 4) is 11.1 Å². The van der Waals surface area contributed by atoms with Crippen molar-refractivity contribution in [1.82, 2.24) is 0 Å². The molecule has 1 fully saturated rings. The van der Waals surface area contributed by atoms with E-state index in [0.717, 1.165) is 12.3 Å².